The van der Waals surface area contributed by atoms with E-state index in [0.29, 0.717) is 27.9 Å². The molecule has 0 saturated carbocycles. The van der Waals surface area contributed by atoms with Crippen LogP contribution in [0, 0.1) is 5.82 Å². The summed E-state index contributed by atoms with van der Waals surface area (Å²) in [5.41, 5.74) is 1.75. The molecule has 0 aliphatic rings. The lowest BCUT2D eigenvalue weighted by atomic mass is 10.2. The van der Waals surface area contributed by atoms with Gasteiger partial charge >= 0.3 is 0 Å². The normalized spacial score (nSPS) is 10.4. The van der Waals surface area contributed by atoms with E-state index in [2.05, 4.69) is 15.6 Å². The highest BCUT2D eigenvalue weighted by Gasteiger charge is 2.13. The van der Waals surface area contributed by atoms with Crippen molar-refractivity contribution >= 4 is 45.7 Å². The van der Waals surface area contributed by atoms with Crippen LogP contribution in [0.25, 0.3) is 0 Å². The summed E-state index contributed by atoms with van der Waals surface area (Å²) < 4.78 is 18.1. The van der Waals surface area contributed by atoms with Crippen molar-refractivity contribution in [3.8, 4) is 5.75 Å². The van der Waals surface area contributed by atoms with Gasteiger partial charge in [-0.25, -0.2) is 9.37 Å². The first-order valence-electron chi connectivity index (χ1n) is 8.57. The number of thioether (sulfide) groups is 1. The van der Waals surface area contributed by atoms with Gasteiger partial charge in [0, 0.05) is 16.8 Å². The Labute approximate surface area is 175 Å². The fraction of sp³-hybridized carbons (Fsp3) is 0.150. The van der Waals surface area contributed by atoms with Crippen LogP contribution in [-0.2, 0) is 10.5 Å². The van der Waals surface area contributed by atoms with Gasteiger partial charge in [-0.3, -0.25) is 14.9 Å². The minimum atomic E-state index is -0.352. The molecule has 0 bridgehead atoms. The topological polar surface area (TPSA) is 80.3 Å². The number of ether oxygens (including phenoxy) is 1. The molecule has 150 valence electrons. The average Bonchev–Trinajstić information content (AvgIpc) is 3.16. The minimum absolute atomic E-state index is 0.179. The second kappa shape index (κ2) is 10.0. The second-order valence-electron chi connectivity index (χ2n) is 5.85. The van der Waals surface area contributed by atoms with Crippen LogP contribution in [0.4, 0.5) is 15.2 Å². The van der Waals surface area contributed by atoms with Crippen LogP contribution in [0.3, 0.4) is 0 Å². The van der Waals surface area contributed by atoms with Crippen LogP contribution in [0.2, 0.25) is 0 Å². The molecule has 29 heavy (non-hydrogen) atoms. The lowest BCUT2D eigenvalue weighted by Gasteiger charge is -2.07. The maximum absolute atomic E-state index is 12.9. The molecule has 1 aromatic heterocycles. The molecular formula is C20H18FN3O3S2. The zero-order valence-corrected chi connectivity index (χ0v) is 17.1. The van der Waals surface area contributed by atoms with E-state index in [-0.39, 0.29) is 23.4 Å². The Hall–Kier alpha value is -2.91. The number of aromatic nitrogens is 1. The molecule has 0 saturated heterocycles. The Bertz CT molecular complexity index is 993. The number of hydrogen-bond donors (Lipinski definition) is 2. The van der Waals surface area contributed by atoms with E-state index < -0.39 is 0 Å². The molecule has 0 unspecified atom stereocenters. The molecule has 6 nitrogen and oxygen atoms in total. The van der Waals surface area contributed by atoms with Crippen molar-refractivity contribution in [1.82, 2.24) is 4.98 Å². The highest BCUT2D eigenvalue weighted by Crippen LogP contribution is 2.23. The highest BCUT2D eigenvalue weighted by molar-refractivity contribution is 7.99. The molecule has 0 fully saturated rings. The van der Waals surface area contributed by atoms with Crippen LogP contribution in [0.5, 0.6) is 5.75 Å². The molecule has 2 amide bonds. The van der Waals surface area contributed by atoms with E-state index in [4.69, 9.17) is 4.74 Å². The zero-order valence-electron chi connectivity index (χ0n) is 15.5. The molecule has 2 N–H and O–H groups in total. The molecule has 2 aromatic carbocycles. The minimum Gasteiger partial charge on any atom is -0.496 e. The van der Waals surface area contributed by atoms with Crippen molar-refractivity contribution in [2.24, 2.45) is 0 Å². The summed E-state index contributed by atoms with van der Waals surface area (Å²) in [7, 11) is 1.51. The molecule has 0 atom stereocenters. The average molecular weight is 432 g/mol. The maximum atomic E-state index is 12.9. The van der Waals surface area contributed by atoms with E-state index >= 15 is 0 Å². The van der Waals surface area contributed by atoms with Gasteiger partial charge in [0.1, 0.15) is 11.6 Å². The lowest BCUT2D eigenvalue weighted by molar-refractivity contribution is -0.113. The largest absolute Gasteiger partial charge is 0.496 e. The van der Waals surface area contributed by atoms with Gasteiger partial charge in [0.05, 0.1) is 24.1 Å². The first kappa shape index (κ1) is 20.8. The number of carbonyl (C=O) groups excluding carboxylic acids is 2. The zero-order chi connectivity index (χ0) is 20.6. The fourth-order valence-electron chi connectivity index (χ4n) is 2.41. The number of para-hydroxylation sites is 1. The third kappa shape index (κ3) is 6.03. The molecule has 0 radical (unpaired) electrons. The number of hydrogen-bond acceptors (Lipinski definition) is 6. The van der Waals surface area contributed by atoms with Gasteiger partial charge in [-0.15, -0.1) is 23.1 Å². The number of benzene rings is 2. The summed E-state index contributed by atoms with van der Waals surface area (Å²) in [5, 5.41) is 7.78. The number of nitrogens with zero attached hydrogens (tertiary/aromatic N) is 1. The number of thiazole rings is 1. The van der Waals surface area contributed by atoms with Crippen molar-refractivity contribution in [2.45, 2.75) is 5.75 Å². The quantitative estimate of drug-likeness (QED) is 0.552. The van der Waals surface area contributed by atoms with Crippen molar-refractivity contribution < 1.29 is 18.7 Å². The standard InChI is InChI=1S/C20H18FN3O3S2/c1-27-17-5-3-2-4-16(17)19(26)24-20-23-15(11-29-20)10-28-12-18(25)22-14-8-6-13(21)7-9-14/h2-9,11H,10,12H2,1H3,(H,22,25)(H,23,24,26). The van der Waals surface area contributed by atoms with E-state index in [1.807, 2.05) is 5.38 Å². The van der Waals surface area contributed by atoms with Gasteiger partial charge in [-0.05, 0) is 36.4 Å². The van der Waals surface area contributed by atoms with Crippen molar-refractivity contribution in [3.63, 3.8) is 0 Å². The first-order valence-corrected chi connectivity index (χ1v) is 10.6. The Morgan fingerprint density at radius 2 is 1.90 bits per heavy atom. The van der Waals surface area contributed by atoms with E-state index in [0.717, 1.165) is 5.69 Å². The summed E-state index contributed by atoms with van der Waals surface area (Å²) in [6, 6.07) is 12.6. The fourth-order valence-corrected chi connectivity index (χ4v) is 3.93. The van der Waals surface area contributed by atoms with Gasteiger partial charge in [-0.1, -0.05) is 12.1 Å². The number of halogens is 1. The molecule has 0 aliphatic heterocycles. The predicted molar refractivity (Wildman–Crippen MR) is 114 cm³/mol. The van der Waals surface area contributed by atoms with Crippen molar-refractivity contribution in [1.29, 1.82) is 0 Å². The summed E-state index contributed by atoms with van der Waals surface area (Å²) in [4.78, 5) is 28.7. The molecule has 1 heterocycles. The van der Waals surface area contributed by atoms with Gasteiger partial charge in [0.15, 0.2) is 5.13 Å². The Morgan fingerprint density at radius 3 is 2.66 bits per heavy atom. The van der Waals surface area contributed by atoms with E-state index in [9.17, 15) is 14.0 Å². The number of carbonyl (C=O) groups is 2. The van der Waals surface area contributed by atoms with Crippen LogP contribution in [-0.4, -0.2) is 29.7 Å². The summed E-state index contributed by atoms with van der Waals surface area (Å²) in [5.74, 6) is 0.422. The smallest absolute Gasteiger partial charge is 0.261 e. The maximum Gasteiger partial charge on any atom is 0.261 e. The van der Waals surface area contributed by atoms with Gasteiger partial charge in [0.25, 0.3) is 5.91 Å². The first-order chi connectivity index (χ1) is 14.0. The van der Waals surface area contributed by atoms with Crippen LogP contribution in [0.1, 0.15) is 16.1 Å². The van der Waals surface area contributed by atoms with Gasteiger partial charge in [0.2, 0.25) is 5.91 Å². The molecule has 9 heteroatoms. The highest BCUT2D eigenvalue weighted by atomic mass is 32.2. The second-order valence-corrected chi connectivity index (χ2v) is 7.69. The predicted octanol–water partition coefficient (Wildman–Crippen LogP) is 4.42. The van der Waals surface area contributed by atoms with E-state index in [1.54, 1.807) is 24.3 Å². The van der Waals surface area contributed by atoms with Gasteiger partial charge in [-0.2, -0.15) is 0 Å². The third-order valence-corrected chi connectivity index (χ3v) is 5.51. The van der Waals surface area contributed by atoms with Crippen molar-refractivity contribution in [2.75, 3.05) is 23.5 Å². The SMILES string of the molecule is COc1ccccc1C(=O)Nc1nc(CSCC(=O)Nc2ccc(F)cc2)cs1. The van der Waals surface area contributed by atoms with E-state index in [1.165, 1.54) is 54.5 Å². The molecule has 3 aromatic rings. The molecule has 0 spiro atoms. The Kier molecular flexibility index (Phi) is 7.20. The summed E-state index contributed by atoms with van der Waals surface area (Å²) in [6.07, 6.45) is 0. The van der Waals surface area contributed by atoms with Crippen molar-refractivity contribution in [3.05, 3.63) is 71.0 Å². The lowest BCUT2D eigenvalue weighted by Crippen LogP contribution is -2.14. The molecule has 3 rings (SSSR count). The third-order valence-electron chi connectivity index (χ3n) is 3.73. The van der Waals surface area contributed by atoms with Crippen LogP contribution in [0.15, 0.2) is 53.9 Å². The van der Waals surface area contributed by atoms with Gasteiger partial charge < -0.3 is 10.1 Å². The molecule has 0 aliphatic carbocycles. The number of amides is 2. The number of rotatable bonds is 8. The summed E-state index contributed by atoms with van der Waals surface area (Å²) >= 11 is 2.71. The van der Waals surface area contributed by atoms with Crippen LogP contribution < -0.4 is 15.4 Å². The molecular weight excluding hydrogens is 413 g/mol. The number of methoxy groups -OCH3 is 1. The Morgan fingerprint density at radius 1 is 1.14 bits per heavy atom. The summed E-state index contributed by atoms with van der Waals surface area (Å²) in [6.45, 7) is 0. The monoisotopic (exact) mass is 431 g/mol. The Balaban J connectivity index is 1.47. The van der Waals surface area contributed by atoms with Crippen LogP contribution >= 0.6 is 23.1 Å². The number of anilines is 2. The number of nitrogens with one attached hydrogen (secondary N) is 2.